The number of rotatable bonds is 5. The molecule has 1 fully saturated rings. The molecule has 1 saturated carbocycles. The van der Waals surface area contributed by atoms with Gasteiger partial charge in [-0.3, -0.25) is 0 Å². The van der Waals surface area contributed by atoms with Crippen molar-refractivity contribution in [1.29, 1.82) is 0 Å². The zero-order chi connectivity index (χ0) is 14.8. The molecule has 2 rings (SSSR count). The molecule has 1 aromatic carbocycles. The molecule has 0 amide bonds. The van der Waals surface area contributed by atoms with Crippen LogP contribution in [-0.4, -0.2) is 14.5 Å². The summed E-state index contributed by atoms with van der Waals surface area (Å²) in [6.45, 7) is 6.47. The van der Waals surface area contributed by atoms with Crippen molar-refractivity contribution in [3.8, 4) is 0 Å². The first-order valence-corrected chi connectivity index (χ1v) is 9.03. The average Bonchev–Trinajstić information content (AvgIpc) is 2.82. The number of benzene rings is 1. The minimum absolute atomic E-state index is 0.101. The summed E-state index contributed by atoms with van der Waals surface area (Å²) in [5.41, 5.74) is 1.20. The summed E-state index contributed by atoms with van der Waals surface area (Å²) in [6.07, 6.45) is 4.07. The Bertz CT molecular complexity index is 536. The monoisotopic (exact) mass is 295 g/mol. The number of hydrogen-bond acceptors (Lipinski definition) is 2. The molecule has 3 unspecified atom stereocenters. The Morgan fingerprint density at radius 1 is 1.25 bits per heavy atom. The Labute approximate surface area is 122 Å². The van der Waals surface area contributed by atoms with E-state index in [9.17, 15) is 8.42 Å². The molecule has 0 spiro atoms. The predicted molar refractivity (Wildman–Crippen MR) is 82.3 cm³/mol. The lowest BCUT2D eigenvalue weighted by atomic mass is 9.99. The van der Waals surface area contributed by atoms with Crippen LogP contribution in [0.1, 0.15) is 57.9 Å². The van der Waals surface area contributed by atoms with Crippen LogP contribution < -0.4 is 4.72 Å². The largest absolute Gasteiger partial charge is 0.240 e. The van der Waals surface area contributed by atoms with Gasteiger partial charge in [-0.2, -0.15) is 0 Å². The molecule has 1 aromatic rings. The number of nitrogens with one attached hydrogen (secondary N) is 1. The average molecular weight is 295 g/mol. The van der Waals surface area contributed by atoms with E-state index < -0.39 is 10.0 Å². The van der Waals surface area contributed by atoms with Gasteiger partial charge in [-0.25, -0.2) is 13.1 Å². The predicted octanol–water partition coefficient (Wildman–Crippen LogP) is 3.67. The lowest BCUT2D eigenvalue weighted by molar-refractivity contribution is 0.538. The molecule has 0 aliphatic heterocycles. The fourth-order valence-corrected chi connectivity index (χ4v) is 4.10. The van der Waals surface area contributed by atoms with Crippen molar-refractivity contribution < 1.29 is 8.42 Å². The van der Waals surface area contributed by atoms with Gasteiger partial charge in [0.1, 0.15) is 0 Å². The summed E-state index contributed by atoms with van der Waals surface area (Å²) in [6, 6.07) is 7.41. The van der Waals surface area contributed by atoms with Crippen LogP contribution in [0, 0.1) is 5.92 Å². The number of hydrogen-bond donors (Lipinski definition) is 1. The van der Waals surface area contributed by atoms with Crippen molar-refractivity contribution in [3.05, 3.63) is 29.8 Å². The molecule has 0 aromatic heterocycles. The maximum atomic E-state index is 12.3. The molecule has 0 radical (unpaired) electrons. The second-order valence-electron chi connectivity index (χ2n) is 6.11. The van der Waals surface area contributed by atoms with E-state index >= 15 is 0 Å². The Kier molecular flexibility index (Phi) is 4.86. The van der Waals surface area contributed by atoms with Gasteiger partial charge in [0, 0.05) is 6.04 Å². The van der Waals surface area contributed by atoms with Gasteiger partial charge in [0.15, 0.2) is 0 Å². The van der Waals surface area contributed by atoms with Gasteiger partial charge in [-0.15, -0.1) is 0 Å². The second kappa shape index (κ2) is 6.27. The summed E-state index contributed by atoms with van der Waals surface area (Å²) in [7, 11) is -3.37. The van der Waals surface area contributed by atoms with Gasteiger partial charge >= 0.3 is 0 Å². The van der Waals surface area contributed by atoms with E-state index in [1.54, 1.807) is 12.1 Å². The first-order valence-electron chi connectivity index (χ1n) is 7.54. The quantitative estimate of drug-likeness (QED) is 0.901. The third-order valence-corrected chi connectivity index (χ3v) is 5.92. The van der Waals surface area contributed by atoms with Crippen LogP contribution in [0.2, 0.25) is 0 Å². The third kappa shape index (κ3) is 3.61. The lowest BCUT2D eigenvalue weighted by Crippen LogP contribution is -2.32. The Balaban J connectivity index is 2.09. The molecule has 0 bridgehead atoms. The topological polar surface area (TPSA) is 46.2 Å². The van der Waals surface area contributed by atoms with Gasteiger partial charge in [-0.1, -0.05) is 32.9 Å². The van der Waals surface area contributed by atoms with Gasteiger partial charge < -0.3 is 0 Å². The minimum atomic E-state index is -3.37. The Morgan fingerprint density at radius 2 is 1.90 bits per heavy atom. The zero-order valence-corrected chi connectivity index (χ0v) is 13.4. The highest BCUT2D eigenvalue weighted by Gasteiger charge is 2.26. The first-order chi connectivity index (χ1) is 9.42. The van der Waals surface area contributed by atoms with Crippen molar-refractivity contribution in [1.82, 2.24) is 4.72 Å². The van der Waals surface area contributed by atoms with Crippen LogP contribution in [0.5, 0.6) is 0 Å². The molecule has 1 aliphatic carbocycles. The van der Waals surface area contributed by atoms with E-state index in [1.165, 1.54) is 5.56 Å². The maximum Gasteiger partial charge on any atom is 0.240 e. The van der Waals surface area contributed by atoms with Crippen molar-refractivity contribution >= 4 is 10.0 Å². The van der Waals surface area contributed by atoms with Crippen LogP contribution in [0.4, 0.5) is 0 Å². The molecule has 112 valence electrons. The van der Waals surface area contributed by atoms with E-state index in [4.69, 9.17) is 0 Å². The fraction of sp³-hybridized carbons (Fsp3) is 0.625. The van der Waals surface area contributed by atoms with E-state index in [0.29, 0.717) is 16.7 Å². The maximum absolute atomic E-state index is 12.3. The van der Waals surface area contributed by atoms with Gasteiger partial charge in [-0.05, 0) is 55.2 Å². The molecule has 3 atom stereocenters. The number of sulfonamides is 1. The van der Waals surface area contributed by atoms with E-state index in [2.05, 4.69) is 25.5 Å². The van der Waals surface area contributed by atoms with Gasteiger partial charge in [0.05, 0.1) is 4.90 Å². The van der Waals surface area contributed by atoms with Crippen LogP contribution in [0.15, 0.2) is 29.2 Å². The highest BCUT2D eigenvalue weighted by molar-refractivity contribution is 7.89. The Hall–Kier alpha value is -0.870. The second-order valence-corrected chi connectivity index (χ2v) is 7.83. The smallest absolute Gasteiger partial charge is 0.208 e. The van der Waals surface area contributed by atoms with Crippen molar-refractivity contribution in [2.24, 2.45) is 5.92 Å². The minimum Gasteiger partial charge on any atom is -0.208 e. The Morgan fingerprint density at radius 3 is 2.40 bits per heavy atom. The van der Waals surface area contributed by atoms with Gasteiger partial charge in [0.2, 0.25) is 10.0 Å². The highest BCUT2D eigenvalue weighted by atomic mass is 32.2. The first kappa shape index (κ1) is 15.5. The third-order valence-electron chi connectivity index (χ3n) is 4.39. The van der Waals surface area contributed by atoms with Crippen molar-refractivity contribution in [2.45, 2.75) is 63.3 Å². The summed E-state index contributed by atoms with van der Waals surface area (Å²) in [5.74, 6) is 1.09. The van der Waals surface area contributed by atoms with Crippen LogP contribution in [-0.2, 0) is 10.0 Å². The molecular formula is C16H25NO2S. The summed E-state index contributed by atoms with van der Waals surface area (Å²) in [4.78, 5) is 0.379. The van der Waals surface area contributed by atoms with E-state index in [1.807, 2.05) is 12.1 Å². The summed E-state index contributed by atoms with van der Waals surface area (Å²) < 4.78 is 27.5. The molecule has 4 heteroatoms. The zero-order valence-electron chi connectivity index (χ0n) is 12.6. The molecule has 20 heavy (non-hydrogen) atoms. The molecular weight excluding hydrogens is 270 g/mol. The molecule has 0 saturated heterocycles. The normalized spacial score (nSPS) is 24.8. The summed E-state index contributed by atoms with van der Waals surface area (Å²) in [5, 5.41) is 0. The van der Waals surface area contributed by atoms with E-state index in [-0.39, 0.29) is 6.04 Å². The van der Waals surface area contributed by atoms with Crippen LogP contribution in [0.25, 0.3) is 0 Å². The standard InChI is InChI=1S/C16H25NO2S/c1-4-13(3)14-6-9-16(10-7-14)20(18,19)17-15-8-5-12(2)11-15/h6-7,9-10,12-13,15,17H,4-5,8,11H2,1-3H3. The summed E-state index contributed by atoms with van der Waals surface area (Å²) >= 11 is 0. The highest BCUT2D eigenvalue weighted by Crippen LogP contribution is 2.26. The van der Waals surface area contributed by atoms with Crippen LogP contribution in [0.3, 0.4) is 0 Å². The lowest BCUT2D eigenvalue weighted by Gasteiger charge is -2.14. The molecule has 1 N–H and O–H groups in total. The van der Waals surface area contributed by atoms with Crippen molar-refractivity contribution in [3.63, 3.8) is 0 Å². The van der Waals surface area contributed by atoms with E-state index in [0.717, 1.165) is 25.7 Å². The van der Waals surface area contributed by atoms with Crippen molar-refractivity contribution in [2.75, 3.05) is 0 Å². The van der Waals surface area contributed by atoms with Crippen LogP contribution >= 0.6 is 0 Å². The fourth-order valence-electron chi connectivity index (χ4n) is 2.81. The molecule has 1 aliphatic rings. The molecule has 0 heterocycles. The molecule has 3 nitrogen and oxygen atoms in total. The SMILES string of the molecule is CCC(C)c1ccc(S(=O)(=O)NC2CCC(C)C2)cc1. The van der Waals surface area contributed by atoms with Gasteiger partial charge in [0.25, 0.3) is 0 Å².